The van der Waals surface area contributed by atoms with Crippen molar-refractivity contribution in [2.75, 3.05) is 5.32 Å². The van der Waals surface area contributed by atoms with Crippen LogP contribution in [0.4, 0.5) is 11.4 Å². The SMILES string of the molecule is CC1(C)CCC(C)(C)c2cc3c(cc21)oc1c(-c2c4c(cc5c2sc2ccccc25)-n2c5c(cccc5c5ccc6ccccc6c52)B4)c(Nc2cccc4c2sc2cc5c(cc24)C(C)(C)CCC5(C)C)ccc13. The third kappa shape index (κ3) is 5.79. The Balaban J connectivity index is 1.03. The number of anilines is 2. The van der Waals surface area contributed by atoms with E-state index >= 15 is 0 Å². The molecule has 9 aromatic carbocycles. The number of para-hydroxylation sites is 1. The zero-order valence-corrected chi connectivity index (χ0v) is 45.1. The smallest absolute Gasteiger partial charge is 0.198 e. The summed E-state index contributed by atoms with van der Waals surface area (Å²) in [7, 11) is 0.802. The molecule has 1 N–H and O–H groups in total. The first-order valence-electron chi connectivity index (χ1n) is 26.9. The van der Waals surface area contributed by atoms with Crippen molar-refractivity contribution in [2.45, 2.75) is 103 Å². The molecule has 2 aliphatic carbocycles. The van der Waals surface area contributed by atoms with Crippen LogP contribution in [-0.4, -0.2) is 11.8 Å². The first-order valence-corrected chi connectivity index (χ1v) is 28.5. The van der Waals surface area contributed by atoms with Gasteiger partial charge in [0.05, 0.1) is 21.6 Å². The summed E-state index contributed by atoms with van der Waals surface area (Å²) in [4.78, 5) is 0. The van der Waals surface area contributed by atoms with Crippen LogP contribution in [0.15, 0.2) is 144 Å². The number of thiophene rings is 2. The monoisotopic (exact) mass is 992 g/mol. The Kier molecular flexibility index (Phi) is 8.53. The number of hydrogen-bond acceptors (Lipinski definition) is 4. The first-order chi connectivity index (χ1) is 35.6. The number of fused-ring (bicyclic) bond motifs is 18. The van der Waals surface area contributed by atoms with Crippen molar-refractivity contribution in [1.29, 1.82) is 0 Å². The molecule has 0 unspecified atom stereocenters. The topological polar surface area (TPSA) is 30.1 Å². The van der Waals surface area contributed by atoms with Gasteiger partial charge in [0.2, 0.25) is 0 Å². The van der Waals surface area contributed by atoms with Gasteiger partial charge in [0, 0.05) is 84.9 Å². The van der Waals surface area contributed by atoms with E-state index in [4.69, 9.17) is 4.42 Å². The molecule has 74 heavy (non-hydrogen) atoms. The van der Waals surface area contributed by atoms with Crippen molar-refractivity contribution in [3.05, 3.63) is 162 Å². The summed E-state index contributed by atoms with van der Waals surface area (Å²) in [6, 6.07) is 53.9. The molecule has 3 aliphatic rings. The summed E-state index contributed by atoms with van der Waals surface area (Å²) < 4.78 is 15.5. The van der Waals surface area contributed by atoms with E-state index in [0.29, 0.717) is 0 Å². The second-order valence-corrected chi connectivity index (χ2v) is 27.0. The molecule has 0 saturated heterocycles. The highest BCUT2D eigenvalue weighted by Gasteiger charge is 2.40. The Morgan fingerprint density at radius 1 is 0.459 bits per heavy atom. The van der Waals surface area contributed by atoms with Crippen molar-refractivity contribution in [2.24, 2.45) is 0 Å². The molecule has 13 aromatic rings. The minimum Gasteiger partial charge on any atom is -0.455 e. The molecule has 360 valence electrons. The van der Waals surface area contributed by atoms with E-state index in [1.54, 1.807) is 0 Å². The molecule has 0 amide bonds. The molecule has 16 rings (SSSR count). The van der Waals surface area contributed by atoms with E-state index in [1.807, 2.05) is 22.7 Å². The predicted molar refractivity (Wildman–Crippen MR) is 323 cm³/mol. The van der Waals surface area contributed by atoms with Crippen molar-refractivity contribution < 1.29 is 4.42 Å². The Hall–Kier alpha value is -6.86. The summed E-state index contributed by atoms with van der Waals surface area (Å²) in [5.74, 6) is 0. The first kappa shape index (κ1) is 43.5. The van der Waals surface area contributed by atoms with Crippen molar-refractivity contribution in [3.63, 3.8) is 0 Å². The largest absolute Gasteiger partial charge is 0.455 e. The number of nitrogens with one attached hydrogen (secondary N) is 1. The molecule has 0 fully saturated rings. The highest BCUT2D eigenvalue weighted by Crippen LogP contribution is 2.54. The molecule has 6 heteroatoms. The number of aromatic nitrogens is 1. The number of rotatable bonds is 3. The van der Waals surface area contributed by atoms with Gasteiger partial charge in [-0.3, -0.25) is 0 Å². The fourth-order valence-corrected chi connectivity index (χ4v) is 16.8. The number of hydrogen-bond donors (Lipinski definition) is 1. The normalized spacial score (nSPS) is 17.2. The highest BCUT2D eigenvalue weighted by atomic mass is 32.1. The summed E-state index contributed by atoms with van der Waals surface area (Å²) in [6.07, 6.45) is 4.71. The van der Waals surface area contributed by atoms with Gasteiger partial charge >= 0.3 is 0 Å². The summed E-state index contributed by atoms with van der Waals surface area (Å²) >= 11 is 3.87. The van der Waals surface area contributed by atoms with E-state index in [-0.39, 0.29) is 21.7 Å². The van der Waals surface area contributed by atoms with Gasteiger partial charge < -0.3 is 14.3 Å². The van der Waals surface area contributed by atoms with Crippen LogP contribution in [0.2, 0.25) is 0 Å². The maximum absolute atomic E-state index is 7.59. The van der Waals surface area contributed by atoms with E-state index in [2.05, 4.69) is 205 Å². The zero-order chi connectivity index (χ0) is 49.9. The van der Waals surface area contributed by atoms with Gasteiger partial charge in [-0.2, -0.15) is 0 Å². The summed E-state index contributed by atoms with van der Waals surface area (Å²) in [5, 5.41) is 17.0. The molecule has 0 spiro atoms. The third-order valence-corrected chi connectivity index (χ3v) is 21.1. The van der Waals surface area contributed by atoms with Crippen LogP contribution in [0, 0.1) is 0 Å². The Morgan fingerprint density at radius 2 is 1.08 bits per heavy atom. The zero-order valence-electron chi connectivity index (χ0n) is 43.5. The summed E-state index contributed by atoms with van der Waals surface area (Å²) in [6.45, 7) is 19.5. The molecular weight excluding hydrogens is 936 g/mol. The molecule has 4 aromatic heterocycles. The Labute approximate surface area is 440 Å². The Bertz CT molecular complexity index is 4680. The van der Waals surface area contributed by atoms with Crippen LogP contribution in [0.5, 0.6) is 0 Å². The van der Waals surface area contributed by atoms with E-state index in [1.165, 1.54) is 141 Å². The van der Waals surface area contributed by atoms with Crippen molar-refractivity contribution in [1.82, 2.24) is 4.57 Å². The van der Waals surface area contributed by atoms with E-state index in [0.717, 1.165) is 48.2 Å². The van der Waals surface area contributed by atoms with Crippen molar-refractivity contribution in [3.8, 4) is 16.8 Å². The van der Waals surface area contributed by atoms with Crippen LogP contribution in [-0.2, 0) is 21.7 Å². The molecule has 0 bridgehead atoms. The van der Waals surface area contributed by atoms with Gasteiger partial charge in [-0.05, 0) is 135 Å². The number of nitrogens with zero attached hydrogens (tertiary/aromatic N) is 1. The molecular formula is C68H57BN2OS2. The lowest BCUT2D eigenvalue weighted by atomic mass is 9.59. The standard InChI is InChI=1S/C68H57BN2OS2/c1-65(2)27-29-67(5,6)48-34-54-43(31-46(48)65)41-25-26-51(70-52-21-14-19-42-44-32-47-49(35-56(44)74-63(42)52)68(7,8)30-28-66(47,3)4)57(62(41)72-54)58-59-53(33-45-38-17-11-12-22-55(38)73-64(45)58)71-60-37-16-10-9-15-36(37)23-24-40(60)39-18-13-20-50(69-59)61(39)71/h9-26,31-35,69-70H,27-30H2,1-8H3. The second kappa shape index (κ2) is 14.5. The minimum absolute atomic E-state index is 0.0471. The third-order valence-electron chi connectivity index (χ3n) is 18.7. The lowest BCUT2D eigenvalue weighted by molar-refractivity contribution is 0.332. The molecule has 0 saturated carbocycles. The quantitative estimate of drug-likeness (QED) is 0.179. The maximum atomic E-state index is 7.59. The molecule has 1 aliphatic heterocycles. The maximum Gasteiger partial charge on any atom is 0.198 e. The highest BCUT2D eigenvalue weighted by molar-refractivity contribution is 7.27. The number of furan rings is 1. The molecule has 3 nitrogen and oxygen atoms in total. The van der Waals surface area contributed by atoms with E-state index < -0.39 is 0 Å². The lowest BCUT2D eigenvalue weighted by Gasteiger charge is -2.41. The van der Waals surface area contributed by atoms with Crippen molar-refractivity contribution >= 4 is 147 Å². The van der Waals surface area contributed by atoms with Gasteiger partial charge in [0.15, 0.2) is 7.28 Å². The lowest BCUT2D eigenvalue weighted by Crippen LogP contribution is -2.37. The average molecular weight is 993 g/mol. The van der Waals surface area contributed by atoms with Crippen LogP contribution >= 0.6 is 22.7 Å². The van der Waals surface area contributed by atoms with Gasteiger partial charge in [-0.25, -0.2) is 0 Å². The Morgan fingerprint density at radius 3 is 1.86 bits per heavy atom. The van der Waals surface area contributed by atoms with Gasteiger partial charge in [-0.15, -0.1) is 22.7 Å². The van der Waals surface area contributed by atoms with E-state index in [9.17, 15) is 0 Å². The van der Waals surface area contributed by atoms with Gasteiger partial charge in [0.25, 0.3) is 0 Å². The molecule has 0 atom stereocenters. The van der Waals surface area contributed by atoms with Crippen LogP contribution in [0.25, 0.3) is 112 Å². The van der Waals surface area contributed by atoms with Gasteiger partial charge in [0.1, 0.15) is 11.2 Å². The van der Waals surface area contributed by atoms with Crippen LogP contribution in [0.1, 0.15) is 103 Å². The van der Waals surface area contributed by atoms with Crippen LogP contribution in [0.3, 0.4) is 0 Å². The predicted octanol–water partition coefficient (Wildman–Crippen LogP) is 18.4. The van der Waals surface area contributed by atoms with Gasteiger partial charge in [-0.1, -0.05) is 146 Å². The summed E-state index contributed by atoms with van der Waals surface area (Å²) in [5.41, 5.74) is 19.3. The minimum atomic E-state index is 0.0471. The molecule has 5 heterocycles. The fraction of sp³-hybridized carbons (Fsp3) is 0.235. The second-order valence-electron chi connectivity index (χ2n) is 24.9. The fourth-order valence-electron chi connectivity index (χ4n) is 14.4. The average Bonchev–Trinajstić information content (AvgIpc) is 4.16. The number of benzene rings is 9. The van der Waals surface area contributed by atoms with Crippen LogP contribution < -0.4 is 16.2 Å². The molecule has 0 radical (unpaired) electrons.